The summed E-state index contributed by atoms with van der Waals surface area (Å²) in [4.78, 5) is 19.3. The molecule has 0 spiro atoms. The van der Waals surface area contributed by atoms with E-state index < -0.39 is 12.8 Å². The third kappa shape index (κ3) is 11.5. The lowest BCUT2D eigenvalue weighted by Gasteiger charge is -2.10. The molecule has 2 heterocycles. The van der Waals surface area contributed by atoms with Crippen LogP contribution in [0.5, 0.6) is 5.88 Å². The van der Waals surface area contributed by atoms with Gasteiger partial charge in [-0.3, -0.25) is 9.78 Å². The molecule has 0 fully saturated rings. The topological polar surface area (TPSA) is 90.1 Å². The summed E-state index contributed by atoms with van der Waals surface area (Å²) in [6, 6.07) is 6.03. The standard InChI is InChI=1S/C14H12F3N3O2.C4H11N/c15-14(16,17)9-22-12-7-10(1-6-19-12)8-20-13(21)11-2-4-18-5-3-11;1-4(2,3)5/h1-7H,8-9H2,(H,20,21);5H2,1-3H3. The van der Waals surface area contributed by atoms with Gasteiger partial charge < -0.3 is 15.8 Å². The summed E-state index contributed by atoms with van der Waals surface area (Å²) in [5.74, 6) is -0.454. The number of carbonyl (C=O) groups is 1. The van der Waals surface area contributed by atoms with Crippen LogP contribution in [0.3, 0.4) is 0 Å². The van der Waals surface area contributed by atoms with Crippen LogP contribution in [0.1, 0.15) is 36.7 Å². The highest BCUT2D eigenvalue weighted by Gasteiger charge is 2.28. The Kier molecular flexibility index (Phi) is 8.17. The summed E-state index contributed by atoms with van der Waals surface area (Å²) in [5.41, 5.74) is 6.37. The molecule has 27 heavy (non-hydrogen) atoms. The number of alkyl halides is 3. The van der Waals surface area contributed by atoms with Crippen LogP contribution in [0.4, 0.5) is 13.2 Å². The van der Waals surface area contributed by atoms with Gasteiger partial charge in [-0.05, 0) is 44.5 Å². The minimum Gasteiger partial charge on any atom is -0.468 e. The van der Waals surface area contributed by atoms with Crippen LogP contribution in [0.15, 0.2) is 42.9 Å². The second-order valence-electron chi connectivity index (χ2n) is 6.69. The van der Waals surface area contributed by atoms with Crippen molar-refractivity contribution in [1.29, 1.82) is 0 Å². The number of hydrogen-bond acceptors (Lipinski definition) is 5. The zero-order chi connectivity index (χ0) is 20.5. The number of ether oxygens (including phenoxy) is 1. The number of nitrogens with two attached hydrogens (primary N) is 1. The molecule has 0 bridgehead atoms. The highest BCUT2D eigenvalue weighted by atomic mass is 19.4. The molecule has 2 aromatic heterocycles. The summed E-state index contributed by atoms with van der Waals surface area (Å²) < 4.78 is 40.8. The van der Waals surface area contributed by atoms with Crippen LogP contribution < -0.4 is 15.8 Å². The van der Waals surface area contributed by atoms with Crippen molar-refractivity contribution in [3.63, 3.8) is 0 Å². The van der Waals surface area contributed by atoms with E-state index in [1.54, 1.807) is 18.2 Å². The van der Waals surface area contributed by atoms with Crippen LogP contribution >= 0.6 is 0 Å². The average molecular weight is 384 g/mol. The minimum absolute atomic E-state index is 0. The highest BCUT2D eigenvalue weighted by molar-refractivity contribution is 5.93. The molecule has 148 valence electrons. The van der Waals surface area contributed by atoms with Crippen LogP contribution in [0.2, 0.25) is 0 Å². The van der Waals surface area contributed by atoms with Crippen molar-refractivity contribution >= 4 is 5.91 Å². The van der Waals surface area contributed by atoms with Crippen LogP contribution in [0.25, 0.3) is 0 Å². The summed E-state index contributed by atoms with van der Waals surface area (Å²) in [6.07, 6.45) is -0.123. The van der Waals surface area contributed by atoms with E-state index >= 15 is 0 Å². The van der Waals surface area contributed by atoms with Crippen LogP contribution in [0, 0.1) is 0 Å². The molecular formula is C18H23F3N4O2. The van der Waals surface area contributed by atoms with Gasteiger partial charge in [0.1, 0.15) is 0 Å². The third-order valence-electron chi connectivity index (χ3n) is 2.58. The highest BCUT2D eigenvalue weighted by Crippen LogP contribution is 2.17. The molecule has 0 atom stereocenters. The molecule has 6 nitrogen and oxygen atoms in total. The first-order valence-electron chi connectivity index (χ1n) is 8.05. The Morgan fingerprint density at radius 2 is 1.74 bits per heavy atom. The second kappa shape index (κ2) is 9.86. The maximum Gasteiger partial charge on any atom is 0.422 e. The van der Waals surface area contributed by atoms with E-state index in [0.29, 0.717) is 11.1 Å². The monoisotopic (exact) mass is 384 g/mol. The summed E-state index contributed by atoms with van der Waals surface area (Å²) in [7, 11) is 0. The fourth-order valence-corrected chi connectivity index (χ4v) is 1.58. The first-order valence-corrected chi connectivity index (χ1v) is 8.05. The molecule has 0 aliphatic carbocycles. The summed E-state index contributed by atoms with van der Waals surface area (Å²) >= 11 is 0. The molecule has 2 aromatic rings. The number of aromatic nitrogens is 2. The lowest BCUT2D eigenvalue weighted by molar-refractivity contribution is -0.154. The quantitative estimate of drug-likeness (QED) is 0.827. The Balaban J connectivity index is 0.000000646. The van der Waals surface area contributed by atoms with E-state index in [9.17, 15) is 18.0 Å². The van der Waals surface area contributed by atoms with Gasteiger partial charge in [0.25, 0.3) is 5.91 Å². The maximum atomic E-state index is 12.1. The van der Waals surface area contributed by atoms with Crippen molar-refractivity contribution in [3.8, 4) is 5.88 Å². The number of carbonyl (C=O) groups excluding carboxylic acids is 1. The predicted molar refractivity (Wildman–Crippen MR) is 95.1 cm³/mol. The first kappa shape index (κ1) is 22.4. The van der Waals surface area contributed by atoms with Crippen molar-refractivity contribution in [2.24, 2.45) is 5.73 Å². The Morgan fingerprint density at radius 1 is 1.15 bits per heavy atom. The third-order valence-corrected chi connectivity index (χ3v) is 2.58. The lowest BCUT2D eigenvalue weighted by atomic mass is 10.1. The van der Waals surface area contributed by atoms with Crippen molar-refractivity contribution in [2.75, 3.05) is 6.61 Å². The summed E-state index contributed by atoms with van der Waals surface area (Å²) in [5, 5.41) is 2.64. The summed E-state index contributed by atoms with van der Waals surface area (Å²) in [6.45, 7) is 4.63. The van der Waals surface area contributed by atoms with Gasteiger partial charge in [0, 0.05) is 42.3 Å². The van der Waals surface area contributed by atoms with E-state index in [4.69, 9.17) is 5.73 Å². The number of rotatable bonds is 5. The molecule has 0 unspecified atom stereocenters. The predicted octanol–water partition coefficient (Wildman–Crippen LogP) is 3.09. The molecule has 0 radical (unpaired) electrons. The smallest absolute Gasteiger partial charge is 0.422 e. The van der Waals surface area contributed by atoms with Gasteiger partial charge in [0.2, 0.25) is 5.88 Å². The van der Waals surface area contributed by atoms with Crippen molar-refractivity contribution in [3.05, 3.63) is 54.0 Å². The van der Waals surface area contributed by atoms with Gasteiger partial charge in [-0.25, -0.2) is 4.98 Å². The molecule has 0 aromatic carbocycles. The largest absolute Gasteiger partial charge is 0.468 e. The first-order chi connectivity index (χ1) is 12.4. The van der Waals surface area contributed by atoms with Crippen molar-refractivity contribution < 1.29 is 22.7 Å². The van der Waals surface area contributed by atoms with E-state index in [1.807, 2.05) is 20.8 Å². The van der Waals surface area contributed by atoms with Gasteiger partial charge in [-0.15, -0.1) is 0 Å². The average Bonchev–Trinajstić information content (AvgIpc) is 2.57. The molecule has 0 saturated heterocycles. The fraction of sp³-hybridized carbons (Fsp3) is 0.389. The second-order valence-corrected chi connectivity index (χ2v) is 6.69. The Labute approximate surface area is 156 Å². The van der Waals surface area contributed by atoms with E-state index in [1.165, 1.54) is 24.7 Å². The number of amides is 1. The van der Waals surface area contributed by atoms with Crippen LogP contribution in [-0.2, 0) is 6.54 Å². The fourth-order valence-electron chi connectivity index (χ4n) is 1.58. The SMILES string of the molecule is CC(C)(C)N.O=C(NCc1ccnc(OCC(F)(F)F)c1)c1ccncc1. The molecule has 9 heteroatoms. The normalized spacial score (nSPS) is 11.2. The molecular weight excluding hydrogens is 361 g/mol. The zero-order valence-corrected chi connectivity index (χ0v) is 15.4. The van der Waals surface area contributed by atoms with E-state index in [0.717, 1.165) is 0 Å². The van der Waals surface area contributed by atoms with E-state index in [2.05, 4.69) is 20.0 Å². The van der Waals surface area contributed by atoms with Crippen LogP contribution in [-0.4, -0.2) is 34.2 Å². The molecule has 1 amide bonds. The molecule has 0 saturated carbocycles. The van der Waals surface area contributed by atoms with Gasteiger partial charge in [-0.2, -0.15) is 13.2 Å². The molecule has 0 aliphatic heterocycles. The van der Waals surface area contributed by atoms with Gasteiger partial charge >= 0.3 is 6.18 Å². The Morgan fingerprint density at radius 3 is 2.30 bits per heavy atom. The number of hydrogen-bond donors (Lipinski definition) is 2. The zero-order valence-electron chi connectivity index (χ0n) is 15.4. The number of nitrogens with one attached hydrogen (secondary N) is 1. The van der Waals surface area contributed by atoms with Crippen molar-refractivity contribution in [1.82, 2.24) is 15.3 Å². The molecule has 3 N–H and O–H groups in total. The van der Waals surface area contributed by atoms with Gasteiger partial charge in [0.15, 0.2) is 6.61 Å². The Hall–Kier alpha value is -2.68. The van der Waals surface area contributed by atoms with Gasteiger partial charge in [-0.1, -0.05) is 0 Å². The molecule has 0 aliphatic rings. The lowest BCUT2D eigenvalue weighted by Crippen LogP contribution is -2.26. The Bertz CT molecular complexity index is 711. The number of nitrogens with zero attached hydrogens (tertiary/aromatic N) is 2. The maximum absolute atomic E-state index is 12.1. The van der Waals surface area contributed by atoms with Crippen molar-refractivity contribution in [2.45, 2.75) is 39.0 Å². The van der Waals surface area contributed by atoms with E-state index in [-0.39, 0.29) is 23.9 Å². The molecule has 2 rings (SSSR count). The van der Waals surface area contributed by atoms with Gasteiger partial charge in [0.05, 0.1) is 0 Å². The minimum atomic E-state index is -4.42. The number of pyridine rings is 2. The number of halogens is 3.